The summed E-state index contributed by atoms with van der Waals surface area (Å²) in [5.74, 6) is 0. The molecule has 3 atom stereocenters. The van der Waals surface area contributed by atoms with Crippen LogP contribution in [-0.2, 0) is 18.7 Å². The molecular weight excluding hydrogens is 586 g/mol. The maximum absolute atomic E-state index is 12.8. The fourth-order valence-electron chi connectivity index (χ4n) is 4.93. The molecule has 264 valence electrons. The second kappa shape index (κ2) is 23.1. The lowest BCUT2D eigenvalue weighted by molar-refractivity contribution is -0.376. The molecule has 0 saturated heterocycles. The summed E-state index contributed by atoms with van der Waals surface area (Å²) in [7, 11) is -0.784. The van der Waals surface area contributed by atoms with Gasteiger partial charge in [0, 0.05) is 32.5 Å². The number of H-pyrrole nitrogens is 1. The van der Waals surface area contributed by atoms with Gasteiger partial charge in [-0.25, -0.2) is 9.63 Å². The molecule has 0 amide bonds. The second-order valence-corrected chi connectivity index (χ2v) is 18.9. The van der Waals surface area contributed by atoms with E-state index in [2.05, 4.69) is 52.7 Å². The number of ether oxygens (including phenoxy) is 2. The maximum Gasteiger partial charge on any atom is 0.330 e. The standard InChI is InChI=1S/C35H69N3O6Si/c1-10-12-14-16-18-20-22-24-27-37(28-25-23-21-19-17-15-13-11-2)43-34(44-45(8,9)35(4,5)6)42-32(30(3)41-7)38-29-26-31(39)36-33(38)40/h26,29-30,32,34H,10-25,27-28H2,1-9H3,(H,36,39,40)/t30?,32-,34?/m1/s1. The number of aromatic nitrogens is 2. The largest absolute Gasteiger partial charge is 0.377 e. The van der Waals surface area contributed by atoms with Crippen molar-refractivity contribution in [2.75, 3.05) is 20.2 Å². The van der Waals surface area contributed by atoms with Gasteiger partial charge in [-0.05, 0) is 37.9 Å². The minimum Gasteiger partial charge on any atom is -0.377 e. The Hall–Kier alpha value is -1.30. The van der Waals surface area contributed by atoms with E-state index in [4.69, 9.17) is 18.7 Å². The first kappa shape index (κ1) is 41.7. The van der Waals surface area contributed by atoms with Crippen LogP contribution in [0, 0.1) is 0 Å². The second-order valence-electron chi connectivity index (χ2n) is 14.1. The third-order valence-electron chi connectivity index (χ3n) is 9.10. The Balaban J connectivity index is 3.11. The quantitative estimate of drug-likeness (QED) is 0.0438. The van der Waals surface area contributed by atoms with Crippen LogP contribution in [0.1, 0.15) is 151 Å². The summed E-state index contributed by atoms with van der Waals surface area (Å²) in [6.45, 7) is 17.7. The molecule has 0 fully saturated rings. The first-order valence-electron chi connectivity index (χ1n) is 18.0. The summed E-state index contributed by atoms with van der Waals surface area (Å²) in [5.41, 5.74) is -1.04. The summed E-state index contributed by atoms with van der Waals surface area (Å²) >= 11 is 0. The fraction of sp³-hybridized carbons (Fsp3) is 0.886. The van der Waals surface area contributed by atoms with Crippen molar-refractivity contribution in [3.8, 4) is 0 Å². The Morgan fingerprint density at radius 1 is 0.822 bits per heavy atom. The first-order valence-corrected chi connectivity index (χ1v) is 20.9. The molecule has 0 aliphatic rings. The first-order chi connectivity index (χ1) is 21.4. The molecule has 0 radical (unpaired) electrons. The van der Waals surface area contributed by atoms with Crippen LogP contribution in [0.5, 0.6) is 0 Å². The van der Waals surface area contributed by atoms with Gasteiger partial charge in [-0.3, -0.25) is 14.3 Å². The number of nitrogens with zero attached hydrogens (tertiary/aromatic N) is 2. The molecule has 0 aromatic carbocycles. The van der Waals surface area contributed by atoms with Crippen molar-refractivity contribution < 1.29 is 18.7 Å². The Kier molecular flexibility index (Phi) is 21.4. The topological polar surface area (TPSA) is 95.0 Å². The van der Waals surface area contributed by atoms with Crippen molar-refractivity contribution >= 4 is 8.32 Å². The number of hydroxylamine groups is 2. The molecule has 0 bridgehead atoms. The lowest BCUT2D eigenvalue weighted by Crippen LogP contribution is -2.49. The number of hydrogen-bond donors (Lipinski definition) is 1. The molecule has 9 nitrogen and oxygen atoms in total. The van der Waals surface area contributed by atoms with E-state index in [9.17, 15) is 9.59 Å². The van der Waals surface area contributed by atoms with E-state index in [0.717, 1.165) is 38.8 Å². The van der Waals surface area contributed by atoms with Crippen LogP contribution in [0.15, 0.2) is 21.9 Å². The number of aromatic amines is 1. The van der Waals surface area contributed by atoms with Crippen molar-refractivity contribution in [1.82, 2.24) is 14.6 Å². The average molecular weight is 656 g/mol. The number of methoxy groups -OCH3 is 1. The van der Waals surface area contributed by atoms with Crippen molar-refractivity contribution in [2.45, 2.75) is 181 Å². The highest BCUT2D eigenvalue weighted by Gasteiger charge is 2.41. The Labute approximate surface area is 275 Å². The maximum atomic E-state index is 12.8. The van der Waals surface area contributed by atoms with Crippen LogP contribution >= 0.6 is 0 Å². The predicted molar refractivity (Wildman–Crippen MR) is 188 cm³/mol. The molecule has 1 heterocycles. The highest BCUT2D eigenvalue weighted by atomic mass is 28.4. The third kappa shape index (κ3) is 17.4. The van der Waals surface area contributed by atoms with E-state index in [1.165, 1.54) is 93.9 Å². The summed E-state index contributed by atoms with van der Waals surface area (Å²) in [6.07, 6.45) is 19.9. The Morgan fingerprint density at radius 3 is 1.71 bits per heavy atom. The molecule has 0 aliphatic heterocycles. The van der Waals surface area contributed by atoms with Gasteiger partial charge in [0.15, 0.2) is 14.5 Å². The lowest BCUT2D eigenvalue weighted by Gasteiger charge is -2.41. The molecule has 1 aromatic heterocycles. The number of nitrogens with one attached hydrogen (secondary N) is 1. The van der Waals surface area contributed by atoms with Gasteiger partial charge < -0.3 is 13.9 Å². The third-order valence-corrected chi connectivity index (χ3v) is 13.5. The van der Waals surface area contributed by atoms with Crippen LogP contribution in [0.3, 0.4) is 0 Å². The van der Waals surface area contributed by atoms with Crippen LogP contribution in [0.4, 0.5) is 0 Å². The van der Waals surface area contributed by atoms with Crippen LogP contribution < -0.4 is 11.2 Å². The molecule has 0 saturated carbocycles. The predicted octanol–water partition coefficient (Wildman–Crippen LogP) is 8.91. The van der Waals surface area contributed by atoms with E-state index in [-0.39, 0.29) is 5.04 Å². The molecule has 0 aliphatic carbocycles. The van der Waals surface area contributed by atoms with Crippen molar-refractivity contribution in [1.29, 1.82) is 0 Å². The molecule has 0 spiro atoms. The molecular formula is C35H69N3O6Si. The summed E-state index contributed by atoms with van der Waals surface area (Å²) in [5, 5.41) is 1.94. The molecule has 2 unspecified atom stereocenters. The molecule has 1 aromatic rings. The molecule has 45 heavy (non-hydrogen) atoms. The van der Waals surface area contributed by atoms with Crippen LogP contribution in [-0.4, -0.2) is 55.7 Å². The van der Waals surface area contributed by atoms with Gasteiger partial charge in [0.05, 0.1) is 6.10 Å². The van der Waals surface area contributed by atoms with Crippen molar-refractivity contribution in [3.05, 3.63) is 33.1 Å². The Bertz CT molecular complexity index is 973. The van der Waals surface area contributed by atoms with Gasteiger partial charge in [-0.1, -0.05) is 125 Å². The van der Waals surface area contributed by atoms with Crippen molar-refractivity contribution in [3.63, 3.8) is 0 Å². The van der Waals surface area contributed by atoms with Gasteiger partial charge in [0.1, 0.15) is 0 Å². The zero-order valence-electron chi connectivity index (χ0n) is 30.5. The number of hydrogen-bond acceptors (Lipinski definition) is 7. The highest BCUT2D eigenvalue weighted by Crippen LogP contribution is 2.38. The monoisotopic (exact) mass is 655 g/mol. The van der Waals surface area contributed by atoms with E-state index >= 15 is 0 Å². The summed E-state index contributed by atoms with van der Waals surface area (Å²) in [4.78, 5) is 33.5. The summed E-state index contributed by atoms with van der Waals surface area (Å²) in [6, 6.07) is 1.31. The lowest BCUT2D eigenvalue weighted by atomic mass is 10.1. The molecule has 1 rings (SSSR count). The Morgan fingerprint density at radius 2 is 1.29 bits per heavy atom. The zero-order valence-corrected chi connectivity index (χ0v) is 31.5. The average Bonchev–Trinajstić information content (AvgIpc) is 2.97. The van der Waals surface area contributed by atoms with E-state index in [1.807, 2.05) is 12.0 Å². The minimum atomic E-state index is -2.35. The van der Waals surface area contributed by atoms with Crippen molar-refractivity contribution in [2.24, 2.45) is 0 Å². The molecule has 10 heteroatoms. The summed E-state index contributed by atoms with van der Waals surface area (Å²) < 4.78 is 20.2. The minimum absolute atomic E-state index is 0.0878. The number of rotatable bonds is 27. The fourth-order valence-corrected chi connectivity index (χ4v) is 5.87. The molecule has 1 N–H and O–H groups in total. The smallest absolute Gasteiger partial charge is 0.330 e. The van der Waals surface area contributed by atoms with Crippen LogP contribution in [0.25, 0.3) is 0 Å². The zero-order chi connectivity index (χ0) is 33.7. The SMILES string of the molecule is CCCCCCCCCCN(CCCCCCCCCC)OC(O[C@H](C(C)OC)n1ccc(=O)[nH]c1=O)O[Si](C)(C)C(C)(C)C. The van der Waals surface area contributed by atoms with Crippen LogP contribution in [0.2, 0.25) is 18.1 Å². The van der Waals surface area contributed by atoms with Gasteiger partial charge in [0.2, 0.25) is 0 Å². The van der Waals surface area contributed by atoms with Gasteiger partial charge in [0.25, 0.3) is 12.0 Å². The van der Waals surface area contributed by atoms with E-state index < -0.39 is 38.4 Å². The number of unbranched alkanes of at least 4 members (excludes halogenated alkanes) is 14. The van der Waals surface area contributed by atoms with Gasteiger partial charge >= 0.3 is 5.69 Å². The van der Waals surface area contributed by atoms with E-state index in [1.54, 1.807) is 7.11 Å². The van der Waals surface area contributed by atoms with E-state index in [0.29, 0.717) is 0 Å². The van der Waals surface area contributed by atoms with Gasteiger partial charge in [-0.15, -0.1) is 0 Å². The normalized spacial score (nSPS) is 14.6. The highest BCUT2D eigenvalue weighted by molar-refractivity contribution is 6.74. The van der Waals surface area contributed by atoms with Gasteiger partial charge in [-0.2, -0.15) is 5.06 Å².